The minimum absolute atomic E-state index is 0.0788. The number of aryl methyl sites for hydroxylation is 2. The van der Waals surface area contributed by atoms with Crippen molar-refractivity contribution in [2.75, 3.05) is 11.5 Å². The van der Waals surface area contributed by atoms with Gasteiger partial charge in [-0.25, -0.2) is 27.1 Å². The van der Waals surface area contributed by atoms with Gasteiger partial charge in [0.1, 0.15) is 11.4 Å². The van der Waals surface area contributed by atoms with E-state index in [1.165, 1.54) is 12.1 Å². The molecule has 0 saturated heterocycles. The maximum absolute atomic E-state index is 12.3. The van der Waals surface area contributed by atoms with Gasteiger partial charge < -0.3 is 11.5 Å². The molecule has 0 radical (unpaired) electrons. The molecule has 254 valence electrons. The van der Waals surface area contributed by atoms with E-state index in [0.717, 1.165) is 22.3 Å². The van der Waals surface area contributed by atoms with E-state index in [-0.39, 0.29) is 21.2 Å². The van der Waals surface area contributed by atoms with Crippen molar-refractivity contribution in [1.82, 2.24) is 0 Å². The van der Waals surface area contributed by atoms with Crippen molar-refractivity contribution in [3.05, 3.63) is 108 Å². The number of sulfonamides is 2. The van der Waals surface area contributed by atoms with Crippen LogP contribution in [0.3, 0.4) is 0 Å². The summed E-state index contributed by atoms with van der Waals surface area (Å²) in [5, 5.41) is 30.3. The molecule has 0 heterocycles. The molecule has 0 spiro atoms. The molecule has 14 heteroatoms. The van der Waals surface area contributed by atoms with E-state index >= 15 is 0 Å². The quantitative estimate of drug-likeness (QED) is 0.0858. The Morgan fingerprint density at radius 1 is 0.500 bits per heavy atom. The van der Waals surface area contributed by atoms with E-state index in [1.54, 1.807) is 48.5 Å². The number of benzene rings is 6. The molecule has 0 atom stereocenters. The van der Waals surface area contributed by atoms with Gasteiger partial charge in [0.2, 0.25) is 20.0 Å². The van der Waals surface area contributed by atoms with Crippen LogP contribution in [0.4, 0.5) is 34.1 Å². The number of anilines is 2. The zero-order valence-corrected chi connectivity index (χ0v) is 28.8. The highest BCUT2D eigenvalue weighted by Gasteiger charge is 2.19. The van der Waals surface area contributed by atoms with Crippen LogP contribution in [0, 0.1) is 0 Å². The van der Waals surface area contributed by atoms with E-state index in [2.05, 4.69) is 20.5 Å². The predicted molar refractivity (Wildman–Crippen MR) is 198 cm³/mol. The Hall–Kier alpha value is -5.54. The summed E-state index contributed by atoms with van der Waals surface area (Å²) in [4.78, 5) is -0.158. The average molecular weight is 707 g/mol. The van der Waals surface area contributed by atoms with Gasteiger partial charge in [-0.15, -0.1) is 10.2 Å². The first-order valence-electron chi connectivity index (χ1n) is 15.6. The Bertz CT molecular complexity index is 2420. The number of primary sulfonamides is 2. The third-order valence-corrected chi connectivity index (χ3v) is 10.3. The molecule has 0 fully saturated rings. The van der Waals surface area contributed by atoms with Crippen LogP contribution in [0.1, 0.15) is 25.0 Å². The summed E-state index contributed by atoms with van der Waals surface area (Å²) in [6, 6.07) is 27.8. The normalized spacial score (nSPS) is 12.5. The molecule has 0 aromatic heterocycles. The minimum Gasteiger partial charge on any atom is -0.396 e. The van der Waals surface area contributed by atoms with E-state index in [4.69, 9.17) is 21.7 Å². The van der Waals surface area contributed by atoms with Gasteiger partial charge in [-0.1, -0.05) is 74.5 Å². The molecule has 0 amide bonds. The molecular weight excluding hydrogens is 673 g/mol. The van der Waals surface area contributed by atoms with Gasteiger partial charge in [-0.2, -0.15) is 10.2 Å². The number of azo groups is 2. The van der Waals surface area contributed by atoms with Gasteiger partial charge in [0.15, 0.2) is 0 Å². The lowest BCUT2D eigenvalue weighted by atomic mass is 9.92. The highest BCUT2D eigenvalue weighted by atomic mass is 32.2. The molecule has 0 bridgehead atoms. The van der Waals surface area contributed by atoms with Gasteiger partial charge in [0.25, 0.3) is 0 Å². The minimum atomic E-state index is -4.05. The van der Waals surface area contributed by atoms with Crippen molar-refractivity contribution in [1.29, 1.82) is 0 Å². The topological polar surface area (TPSA) is 222 Å². The van der Waals surface area contributed by atoms with Gasteiger partial charge in [0, 0.05) is 21.5 Å². The van der Waals surface area contributed by atoms with Crippen LogP contribution >= 0.6 is 0 Å². The number of fused-ring (bicyclic) bond motifs is 2. The number of hydrogen-bond donors (Lipinski definition) is 4. The van der Waals surface area contributed by atoms with Crippen LogP contribution in [0.25, 0.3) is 32.7 Å². The summed E-state index contributed by atoms with van der Waals surface area (Å²) in [6.45, 7) is 4.08. The van der Waals surface area contributed by atoms with Crippen molar-refractivity contribution in [3.8, 4) is 11.1 Å². The van der Waals surface area contributed by atoms with Crippen molar-refractivity contribution in [2.24, 2.45) is 30.7 Å². The number of nitrogen functional groups attached to an aromatic ring is 2. The van der Waals surface area contributed by atoms with Crippen LogP contribution < -0.4 is 21.7 Å². The van der Waals surface area contributed by atoms with Crippen molar-refractivity contribution < 1.29 is 16.8 Å². The van der Waals surface area contributed by atoms with Gasteiger partial charge >= 0.3 is 0 Å². The van der Waals surface area contributed by atoms with Crippen molar-refractivity contribution >= 4 is 75.7 Å². The van der Waals surface area contributed by atoms with Crippen LogP contribution in [0.5, 0.6) is 0 Å². The van der Waals surface area contributed by atoms with E-state index in [9.17, 15) is 16.8 Å². The second kappa shape index (κ2) is 13.4. The molecule has 12 nitrogen and oxygen atoms in total. The Balaban J connectivity index is 1.33. The lowest BCUT2D eigenvalue weighted by Crippen LogP contribution is -2.13. The number of nitrogens with two attached hydrogens (primary N) is 4. The fraction of sp³-hybridized carbons (Fsp3) is 0.111. The number of nitrogens with zero attached hydrogens (tertiary/aromatic N) is 4. The highest BCUT2D eigenvalue weighted by molar-refractivity contribution is 7.89. The van der Waals surface area contributed by atoms with Crippen molar-refractivity contribution in [2.45, 2.75) is 36.5 Å². The van der Waals surface area contributed by atoms with E-state index in [0.29, 0.717) is 57.1 Å². The summed E-state index contributed by atoms with van der Waals surface area (Å²) < 4.78 is 49.4. The van der Waals surface area contributed by atoms with Crippen LogP contribution in [0.2, 0.25) is 0 Å². The molecule has 0 aliphatic rings. The molecule has 0 unspecified atom stereocenters. The Kier molecular flexibility index (Phi) is 9.20. The standard InChI is InChI=1S/C36H34N8O4S2/c1-3-21-17-23(41-43-31-19-33(49(39,45)46)27-9-5-7-11-29(27)35(31)37)13-15-25(21)26-16-14-24(18-22(26)4-2)42-44-32-20-34(50(40,47)48)28-10-6-8-12-30(28)36(32)38/h5-20H,3-4,37-38H2,1-2H3,(H2,39,45,46)(H2,40,47,48). The second-order valence-electron chi connectivity index (χ2n) is 11.6. The Labute approximate surface area is 289 Å². The summed E-state index contributed by atoms with van der Waals surface area (Å²) in [5.74, 6) is 0. The third kappa shape index (κ3) is 6.69. The first kappa shape index (κ1) is 34.3. The van der Waals surface area contributed by atoms with Crippen molar-refractivity contribution in [3.63, 3.8) is 0 Å². The zero-order valence-electron chi connectivity index (χ0n) is 27.2. The van der Waals surface area contributed by atoms with E-state index in [1.807, 2.05) is 50.2 Å². The smallest absolute Gasteiger partial charge is 0.238 e. The van der Waals surface area contributed by atoms with Gasteiger partial charge in [0.05, 0.1) is 32.5 Å². The second-order valence-corrected chi connectivity index (χ2v) is 14.6. The first-order valence-corrected chi connectivity index (χ1v) is 18.7. The summed E-state index contributed by atoms with van der Waals surface area (Å²) >= 11 is 0. The molecule has 0 aliphatic heterocycles. The fourth-order valence-electron chi connectivity index (χ4n) is 5.96. The summed E-state index contributed by atoms with van der Waals surface area (Å²) in [5.41, 5.74) is 18.9. The lowest BCUT2D eigenvalue weighted by Gasteiger charge is -2.14. The number of rotatable bonds is 9. The lowest BCUT2D eigenvalue weighted by molar-refractivity contribution is 0.597. The van der Waals surface area contributed by atoms with Gasteiger partial charge in [-0.3, -0.25) is 0 Å². The fourth-order valence-corrected chi connectivity index (χ4v) is 7.48. The molecule has 6 aromatic carbocycles. The van der Waals surface area contributed by atoms with Gasteiger partial charge in [-0.05, 0) is 71.5 Å². The molecule has 50 heavy (non-hydrogen) atoms. The largest absolute Gasteiger partial charge is 0.396 e. The van der Waals surface area contributed by atoms with E-state index < -0.39 is 20.0 Å². The highest BCUT2D eigenvalue weighted by Crippen LogP contribution is 2.39. The molecule has 6 aromatic rings. The molecule has 6 rings (SSSR count). The van der Waals surface area contributed by atoms with Crippen LogP contribution in [0.15, 0.2) is 127 Å². The molecule has 0 aliphatic carbocycles. The molecule has 8 N–H and O–H groups in total. The Morgan fingerprint density at radius 2 is 0.860 bits per heavy atom. The summed E-state index contributed by atoms with van der Waals surface area (Å²) in [6.07, 6.45) is 1.40. The third-order valence-electron chi connectivity index (χ3n) is 8.44. The van der Waals surface area contributed by atoms with Crippen LogP contribution in [-0.2, 0) is 32.9 Å². The average Bonchev–Trinajstić information content (AvgIpc) is 3.10. The van der Waals surface area contributed by atoms with Crippen LogP contribution in [-0.4, -0.2) is 16.8 Å². The molecule has 0 saturated carbocycles. The Morgan fingerprint density at radius 3 is 1.20 bits per heavy atom. The maximum Gasteiger partial charge on any atom is 0.238 e. The molecular formula is C36H34N8O4S2. The SMILES string of the molecule is CCc1cc(N=Nc2cc(S(N)(=O)=O)c3ccccc3c2N)ccc1-c1ccc(N=Nc2cc(S(N)(=O)=O)c3ccccc3c2N)cc1CC. The summed E-state index contributed by atoms with van der Waals surface area (Å²) in [7, 11) is -8.09. The predicted octanol–water partition coefficient (Wildman–Crippen LogP) is 8.07. The maximum atomic E-state index is 12.3. The number of hydrogen-bond acceptors (Lipinski definition) is 10. The zero-order chi connectivity index (χ0) is 35.8. The monoisotopic (exact) mass is 706 g/mol. The first-order chi connectivity index (χ1) is 23.8.